The average Bonchev–Trinajstić information content (AvgIpc) is 3.32. The predicted molar refractivity (Wildman–Crippen MR) is 110 cm³/mol. The van der Waals surface area contributed by atoms with Crippen LogP contribution in [-0.4, -0.2) is 55.7 Å². The van der Waals surface area contributed by atoms with Gasteiger partial charge in [-0.3, -0.25) is 9.55 Å². The molecule has 1 saturated heterocycles. The highest BCUT2D eigenvalue weighted by molar-refractivity contribution is 7.18. The normalized spacial score (nSPS) is 14.8. The van der Waals surface area contributed by atoms with Crippen molar-refractivity contribution in [3.8, 4) is 5.82 Å². The summed E-state index contributed by atoms with van der Waals surface area (Å²) in [6.07, 6.45) is 8.95. The molecule has 0 unspecified atom stereocenters. The van der Waals surface area contributed by atoms with Crippen LogP contribution in [0.25, 0.3) is 16.0 Å². The molecule has 5 rings (SSSR count). The van der Waals surface area contributed by atoms with Crippen molar-refractivity contribution in [2.75, 3.05) is 36.0 Å². The third kappa shape index (κ3) is 2.97. The van der Waals surface area contributed by atoms with E-state index in [0.29, 0.717) is 0 Å². The molecule has 0 aliphatic carbocycles. The number of hydrogen-bond donors (Lipinski definition) is 0. The number of imidazole rings is 1. The van der Waals surface area contributed by atoms with Crippen molar-refractivity contribution in [2.45, 2.75) is 13.8 Å². The number of aromatic nitrogens is 6. The lowest BCUT2D eigenvalue weighted by Gasteiger charge is -2.36. The summed E-state index contributed by atoms with van der Waals surface area (Å²) in [5.74, 6) is 3.61. The maximum absolute atomic E-state index is 4.79. The first-order chi connectivity index (χ1) is 13.7. The Morgan fingerprint density at radius 3 is 2.50 bits per heavy atom. The van der Waals surface area contributed by atoms with E-state index in [2.05, 4.69) is 42.7 Å². The molecule has 4 aromatic heterocycles. The van der Waals surface area contributed by atoms with Crippen LogP contribution in [0.5, 0.6) is 0 Å². The Morgan fingerprint density at radius 1 is 0.929 bits per heavy atom. The predicted octanol–water partition coefficient (Wildman–Crippen LogP) is 2.61. The zero-order valence-electron chi connectivity index (χ0n) is 15.8. The molecule has 5 heterocycles. The van der Waals surface area contributed by atoms with Crippen LogP contribution in [-0.2, 0) is 0 Å². The lowest BCUT2D eigenvalue weighted by Crippen LogP contribution is -2.47. The molecule has 0 bridgehead atoms. The highest BCUT2D eigenvalue weighted by Gasteiger charge is 2.22. The van der Waals surface area contributed by atoms with E-state index in [9.17, 15) is 0 Å². The van der Waals surface area contributed by atoms with Crippen molar-refractivity contribution in [3.63, 3.8) is 0 Å². The van der Waals surface area contributed by atoms with Gasteiger partial charge in [0.15, 0.2) is 5.82 Å². The van der Waals surface area contributed by atoms with Crippen molar-refractivity contribution in [2.24, 2.45) is 0 Å². The molecule has 0 aromatic carbocycles. The number of aryl methyl sites for hydroxylation is 2. The molecule has 1 aliphatic rings. The van der Waals surface area contributed by atoms with Crippen LogP contribution in [0.15, 0.2) is 37.2 Å². The number of nitrogens with zero attached hydrogens (tertiary/aromatic N) is 8. The molecule has 0 N–H and O–H groups in total. The second kappa shape index (κ2) is 6.83. The van der Waals surface area contributed by atoms with E-state index >= 15 is 0 Å². The average molecular weight is 392 g/mol. The number of rotatable bonds is 3. The van der Waals surface area contributed by atoms with E-state index in [1.165, 1.54) is 4.88 Å². The highest BCUT2D eigenvalue weighted by Crippen LogP contribution is 2.30. The zero-order valence-corrected chi connectivity index (χ0v) is 16.6. The first kappa shape index (κ1) is 17.1. The largest absolute Gasteiger partial charge is 0.352 e. The number of thiophene rings is 1. The lowest BCUT2D eigenvalue weighted by atomic mass is 10.2. The third-order valence-electron chi connectivity index (χ3n) is 5.02. The Labute approximate surface area is 166 Å². The van der Waals surface area contributed by atoms with Crippen molar-refractivity contribution < 1.29 is 0 Å². The molecular formula is C19H20N8S. The Balaban J connectivity index is 1.35. The molecule has 0 saturated carbocycles. The van der Waals surface area contributed by atoms with Crippen molar-refractivity contribution in [1.82, 2.24) is 29.5 Å². The summed E-state index contributed by atoms with van der Waals surface area (Å²) in [6, 6.07) is 2.18. The van der Waals surface area contributed by atoms with Crippen LogP contribution >= 0.6 is 11.3 Å². The number of hydrogen-bond acceptors (Lipinski definition) is 8. The van der Waals surface area contributed by atoms with Gasteiger partial charge in [-0.25, -0.2) is 19.9 Å². The summed E-state index contributed by atoms with van der Waals surface area (Å²) in [4.78, 5) is 29.4. The molecule has 28 heavy (non-hydrogen) atoms. The van der Waals surface area contributed by atoms with E-state index < -0.39 is 0 Å². The van der Waals surface area contributed by atoms with Gasteiger partial charge in [0, 0.05) is 43.4 Å². The standard InChI is InChI=1S/C19H20N8S/c1-13-9-15-18(22-12-23-19(15)28-13)26-7-5-25(6-8-26)16-10-20-11-17(24-16)27-4-3-21-14(27)2/h3-4,9-12H,5-8H2,1-2H3. The van der Waals surface area contributed by atoms with Crippen LogP contribution in [0.2, 0.25) is 0 Å². The smallest absolute Gasteiger partial charge is 0.159 e. The number of piperazine rings is 1. The SMILES string of the molecule is Cc1cc2c(N3CCN(c4cncc(-n5ccnc5C)n4)CC3)ncnc2s1. The molecular weight excluding hydrogens is 372 g/mol. The van der Waals surface area contributed by atoms with Crippen LogP contribution < -0.4 is 9.80 Å². The van der Waals surface area contributed by atoms with E-state index in [0.717, 1.165) is 59.7 Å². The van der Waals surface area contributed by atoms with Crippen molar-refractivity contribution >= 4 is 33.2 Å². The topological polar surface area (TPSA) is 75.9 Å². The van der Waals surface area contributed by atoms with Crippen molar-refractivity contribution in [1.29, 1.82) is 0 Å². The van der Waals surface area contributed by atoms with E-state index in [4.69, 9.17) is 4.98 Å². The maximum Gasteiger partial charge on any atom is 0.159 e. The summed E-state index contributed by atoms with van der Waals surface area (Å²) in [7, 11) is 0. The van der Waals surface area contributed by atoms with Gasteiger partial charge in [0.1, 0.15) is 28.6 Å². The van der Waals surface area contributed by atoms with E-state index in [-0.39, 0.29) is 0 Å². The van der Waals surface area contributed by atoms with Crippen LogP contribution in [0.4, 0.5) is 11.6 Å². The summed E-state index contributed by atoms with van der Waals surface area (Å²) < 4.78 is 1.95. The minimum atomic E-state index is 0.793. The van der Waals surface area contributed by atoms with Gasteiger partial charge in [0.2, 0.25) is 0 Å². The fourth-order valence-corrected chi connectivity index (χ4v) is 4.44. The van der Waals surface area contributed by atoms with Gasteiger partial charge in [0.05, 0.1) is 17.8 Å². The molecule has 0 atom stereocenters. The molecule has 8 nitrogen and oxygen atoms in total. The quantitative estimate of drug-likeness (QED) is 0.530. The van der Waals surface area contributed by atoms with E-state index in [1.54, 1.807) is 30.1 Å². The molecule has 0 amide bonds. The molecule has 1 aliphatic heterocycles. The molecule has 0 spiro atoms. The Hall–Kier alpha value is -3.07. The van der Waals surface area contributed by atoms with Crippen molar-refractivity contribution in [3.05, 3.63) is 47.9 Å². The molecule has 0 radical (unpaired) electrons. The molecule has 142 valence electrons. The van der Waals surface area contributed by atoms with Gasteiger partial charge in [0.25, 0.3) is 0 Å². The van der Waals surface area contributed by atoms with Crippen LogP contribution in [0.1, 0.15) is 10.7 Å². The minimum absolute atomic E-state index is 0.793. The van der Waals surface area contributed by atoms with Gasteiger partial charge >= 0.3 is 0 Å². The summed E-state index contributed by atoms with van der Waals surface area (Å²) in [5, 5.41) is 1.15. The summed E-state index contributed by atoms with van der Waals surface area (Å²) in [6.45, 7) is 7.59. The van der Waals surface area contributed by atoms with E-state index in [1.807, 2.05) is 23.9 Å². The molecule has 4 aromatic rings. The monoisotopic (exact) mass is 392 g/mol. The Bertz CT molecular complexity index is 1130. The summed E-state index contributed by atoms with van der Waals surface area (Å²) in [5.41, 5.74) is 0. The second-order valence-electron chi connectivity index (χ2n) is 6.83. The van der Waals surface area contributed by atoms with Gasteiger partial charge in [-0.2, -0.15) is 0 Å². The third-order valence-corrected chi connectivity index (χ3v) is 5.97. The first-order valence-electron chi connectivity index (χ1n) is 9.22. The van der Waals surface area contributed by atoms with Gasteiger partial charge in [-0.1, -0.05) is 0 Å². The van der Waals surface area contributed by atoms with Crippen LogP contribution in [0, 0.1) is 13.8 Å². The fraction of sp³-hybridized carbons (Fsp3) is 0.316. The summed E-state index contributed by atoms with van der Waals surface area (Å²) >= 11 is 1.72. The second-order valence-corrected chi connectivity index (χ2v) is 8.06. The number of fused-ring (bicyclic) bond motifs is 1. The first-order valence-corrected chi connectivity index (χ1v) is 10.0. The fourth-order valence-electron chi connectivity index (χ4n) is 3.60. The van der Waals surface area contributed by atoms with Crippen LogP contribution in [0.3, 0.4) is 0 Å². The Kier molecular flexibility index (Phi) is 4.16. The number of anilines is 2. The maximum atomic E-state index is 4.79. The molecule has 1 fully saturated rings. The highest BCUT2D eigenvalue weighted by atomic mass is 32.1. The zero-order chi connectivity index (χ0) is 19.1. The molecule has 9 heteroatoms. The van der Waals surface area contributed by atoms with Gasteiger partial charge < -0.3 is 9.80 Å². The van der Waals surface area contributed by atoms with Gasteiger partial charge in [-0.15, -0.1) is 11.3 Å². The lowest BCUT2D eigenvalue weighted by molar-refractivity contribution is 0.641. The Morgan fingerprint density at radius 2 is 1.71 bits per heavy atom. The van der Waals surface area contributed by atoms with Gasteiger partial charge in [-0.05, 0) is 19.9 Å². The minimum Gasteiger partial charge on any atom is -0.352 e.